The third-order valence-electron chi connectivity index (χ3n) is 13.5. The standard InChI is InChI=1S/C30H50N2O2/c1-18(2)19-11-13-27(5)15-16-29(7)20(24(19)27)9-10-23-28(6)17-21(31-33)25(32-34)26(3,4)22(28)12-14-30(23,29)8/h18-20,22-24,33-34H,9-17H2,1-8H3/b31-21+,32-25-/t19-,20+,22-,23+,24+,27+,28-,29+,30+/m0/s1. The van der Waals surface area contributed by atoms with E-state index in [0.717, 1.165) is 30.1 Å². The maximum atomic E-state index is 9.94. The van der Waals surface area contributed by atoms with Crippen LogP contribution in [0.25, 0.3) is 0 Å². The molecule has 9 atom stereocenters. The summed E-state index contributed by atoms with van der Waals surface area (Å²) in [4.78, 5) is 0. The zero-order chi connectivity index (χ0) is 24.9. The van der Waals surface area contributed by atoms with Gasteiger partial charge in [-0.2, -0.15) is 0 Å². The van der Waals surface area contributed by atoms with E-state index in [4.69, 9.17) is 0 Å². The minimum absolute atomic E-state index is 0.0636. The molecule has 4 nitrogen and oxygen atoms in total. The summed E-state index contributed by atoms with van der Waals surface area (Å²) in [6, 6.07) is 0. The Labute approximate surface area is 208 Å². The number of hydrogen-bond acceptors (Lipinski definition) is 4. The Kier molecular flexibility index (Phi) is 5.42. The minimum atomic E-state index is -0.290. The second kappa shape index (κ2) is 7.48. The van der Waals surface area contributed by atoms with Crippen molar-refractivity contribution in [3.8, 4) is 0 Å². The van der Waals surface area contributed by atoms with Crippen molar-refractivity contribution in [1.82, 2.24) is 0 Å². The molecule has 192 valence electrons. The molecular weight excluding hydrogens is 420 g/mol. The molecule has 0 aromatic carbocycles. The summed E-state index contributed by atoms with van der Waals surface area (Å²) in [7, 11) is 0. The zero-order valence-corrected chi connectivity index (χ0v) is 23.1. The van der Waals surface area contributed by atoms with Crippen molar-refractivity contribution >= 4 is 11.4 Å². The summed E-state index contributed by atoms with van der Waals surface area (Å²) in [5, 5.41) is 27.2. The summed E-state index contributed by atoms with van der Waals surface area (Å²) >= 11 is 0. The molecule has 5 aliphatic carbocycles. The van der Waals surface area contributed by atoms with Gasteiger partial charge in [0.1, 0.15) is 11.4 Å². The van der Waals surface area contributed by atoms with Crippen LogP contribution < -0.4 is 0 Å². The van der Waals surface area contributed by atoms with E-state index in [-0.39, 0.29) is 10.8 Å². The van der Waals surface area contributed by atoms with Crippen molar-refractivity contribution in [1.29, 1.82) is 0 Å². The van der Waals surface area contributed by atoms with Gasteiger partial charge in [-0.25, -0.2) is 0 Å². The van der Waals surface area contributed by atoms with Crippen LogP contribution in [-0.4, -0.2) is 21.8 Å². The molecule has 0 bridgehead atoms. The van der Waals surface area contributed by atoms with Gasteiger partial charge >= 0.3 is 0 Å². The van der Waals surface area contributed by atoms with Crippen LogP contribution in [0.2, 0.25) is 0 Å². The van der Waals surface area contributed by atoms with E-state index in [1.165, 1.54) is 51.4 Å². The van der Waals surface area contributed by atoms with E-state index >= 15 is 0 Å². The van der Waals surface area contributed by atoms with Gasteiger partial charge in [-0.15, -0.1) is 0 Å². The highest BCUT2D eigenvalue weighted by Gasteiger charge is 2.70. The Balaban J connectivity index is 1.57. The molecular formula is C30H50N2O2. The number of rotatable bonds is 1. The monoisotopic (exact) mass is 470 g/mol. The molecule has 0 heterocycles. The molecule has 34 heavy (non-hydrogen) atoms. The van der Waals surface area contributed by atoms with Crippen molar-refractivity contribution in [3.05, 3.63) is 0 Å². The molecule has 0 amide bonds. The van der Waals surface area contributed by atoms with Crippen LogP contribution in [0.3, 0.4) is 0 Å². The summed E-state index contributed by atoms with van der Waals surface area (Å²) in [5.74, 6) is 4.43. The fourth-order valence-electron chi connectivity index (χ4n) is 11.8. The average Bonchev–Trinajstić information content (AvgIpc) is 3.11. The van der Waals surface area contributed by atoms with Gasteiger partial charge in [0, 0.05) is 11.8 Å². The predicted molar refractivity (Wildman–Crippen MR) is 138 cm³/mol. The van der Waals surface area contributed by atoms with Crippen molar-refractivity contribution in [2.24, 2.45) is 72.9 Å². The number of hydrogen-bond donors (Lipinski definition) is 2. The van der Waals surface area contributed by atoms with Gasteiger partial charge in [0.05, 0.1) is 0 Å². The van der Waals surface area contributed by atoms with E-state index in [1.807, 2.05) is 0 Å². The summed E-state index contributed by atoms with van der Waals surface area (Å²) < 4.78 is 0. The number of fused-ring (bicyclic) bond motifs is 7. The van der Waals surface area contributed by atoms with Crippen molar-refractivity contribution in [2.75, 3.05) is 0 Å². The Morgan fingerprint density at radius 3 is 2.09 bits per heavy atom. The first-order valence-corrected chi connectivity index (χ1v) is 14.2. The topological polar surface area (TPSA) is 65.2 Å². The Morgan fingerprint density at radius 2 is 1.47 bits per heavy atom. The van der Waals surface area contributed by atoms with Crippen molar-refractivity contribution in [3.63, 3.8) is 0 Å². The molecule has 5 aliphatic rings. The fourth-order valence-corrected chi connectivity index (χ4v) is 11.8. The van der Waals surface area contributed by atoms with Gasteiger partial charge in [-0.1, -0.05) is 65.7 Å². The van der Waals surface area contributed by atoms with Crippen LogP contribution in [0.15, 0.2) is 10.3 Å². The van der Waals surface area contributed by atoms with Gasteiger partial charge in [-0.05, 0) is 109 Å². The second-order valence-electron chi connectivity index (χ2n) is 15.2. The molecule has 5 rings (SSSR count). The lowest BCUT2D eigenvalue weighted by Gasteiger charge is -2.72. The zero-order valence-electron chi connectivity index (χ0n) is 23.1. The fraction of sp³-hybridized carbons (Fsp3) is 0.933. The van der Waals surface area contributed by atoms with Crippen LogP contribution in [0.1, 0.15) is 113 Å². The van der Waals surface area contributed by atoms with E-state index in [1.54, 1.807) is 0 Å². The van der Waals surface area contributed by atoms with Crippen LogP contribution in [0.5, 0.6) is 0 Å². The average molecular weight is 471 g/mol. The maximum Gasteiger partial charge on any atom is 0.110 e. The third-order valence-corrected chi connectivity index (χ3v) is 13.5. The SMILES string of the molecule is CC(C)[C@@H]1CC[C@]2(C)CC[C@]3(C)[C@H](CC[C@@H]4[C@@]5(C)CC(=N\O)/C(=N/O)C(C)(C)[C@@H]5CC[C@]43C)[C@@H]12. The maximum absolute atomic E-state index is 9.94. The lowest BCUT2D eigenvalue weighted by molar-refractivity contribution is -0.224. The molecule has 0 spiro atoms. The lowest BCUT2D eigenvalue weighted by atomic mass is 9.32. The first-order chi connectivity index (χ1) is 15.8. The Bertz CT molecular complexity index is 907. The van der Waals surface area contributed by atoms with Gasteiger partial charge in [0.25, 0.3) is 0 Å². The molecule has 0 radical (unpaired) electrons. The smallest absolute Gasteiger partial charge is 0.110 e. The summed E-state index contributed by atoms with van der Waals surface area (Å²) in [6.45, 7) is 19.8. The Hall–Kier alpha value is -1.06. The van der Waals surface area contributed by atoms with Gasteiger partial charge in [-0.3, -0.25) is 0 Å². The summed E-state index contributed by atoms with van der Waals surface area (Å²) in [5.41, 5.74) is 2.19. The van der Waals surface area contributed by atoms with Crippen LogP contribution >= 0.6 is 0 Å². The highest BCUT2D eigenvalue weighted by atomic mass is 16.4. The second-order valence-corrected chi connectivity index (χ2v) is 15.2. The van der Waals surface area contributed by atoms with E-state index in [2.05, 4.69) is 65.7 Å². The molecule has 0 saturated heterocycles. The quantitative estimate of drug-likeness (QED) is 0.301. The highest BCUT2D eigenvalue weighted by molar-refractivity contribution is 6.44. The van der Waals surface area contributed by atoms with Crippen molar-refractivity contribution < 1.29 is 10.4 Å². The molecule has 2 N–H and O–H groups in total. The van der Waals surface area contributed by atoms with Crippen LogP contribution in [0, 0.1) is 62.6 Å². The van der Waals surface area contributed by atoms with Gasteiger partial charge < -0.3 is 10.4 Å². The van der Waals surface area contributed by atoms with E-state index < -0.39 is 0 Å². The van der Waals surface area contributed by atoms with E-state index in [9.17, 15) is 10.4 Å². The molecule has 0 aromatic heterocycles. The Morgan fingerprint density at radius 1 is 0.765 bits per heavy atom. The molecule has 0 unspecified atom stereocenters. The van der Waals surface area contributed by atoms with Gasteiger partial charge in [0.2, 0.25) is 0 Å². The largest absolute Gasteiger partial charge is 0.411 e. The van der Waals surface area contributed by atoms with E-state index in [0.29, 0.717) is 39.5 Å². The molecule has 5 fully saturated rings. The molecule has 0 aliphatic heterocycles. The van der Waals surface area contributed by atoms with Crippen LogP contribution in [0.4, 0.5) is 0 Å². The highest BCUT2D eigenvalue weighted by Crippen LogP contribution is 2.77. The summed E-state index contributed by atoms with van der Waals surface area (Å²) in [6.07, 6.45) is 11.5. The molecule has 0 aromatic rings. The first-order valence-electron chi connectivity index (χ1n) is 14.2. The number of oxime groups is 2. The molecule has 4 heteroatoms. The number of nitrogens with zero attached hydrogens (tertiary/aromatic N) is 2. The predicted octanol–water partition coefficient (Wildman–Crippen LogP) is 8.01. The first kappa shape index (κ1) is 24.6. The molecule has 5 saturated carbocycles. The lowest BCUT2D eigenvalue weighted by Crippen LogP contribution is -2.67. The van der Waals surface area contributed by atoms with Crippen LogP contribution in [-0.2, 0) is 0 Å². The normalized spacial score (nSPS) is 54.4. The van der Waals surface area contributed by atoms with Crippen molar-refractivity contribution in [2.45, 2.75) is 113 Å². The van der Waals surface area contributed by atoms with Gasteiger partial charge in [0.15, 0.2) is 0 Å². The third kappa shape index (κ3) is 2.83. The minimum Gasteiger partial charge on any atom is -0.411 e.